The summed E-state index contributed by atoms with van der Waals surface area (Å²) >= 11 is 9.48. The van der Waals surface area contributed by atoms with Gasteiger partial charge in [-0.1, -0.05) is 27.5 Å². The fourth-order valence-electron chi connectivity index (χ4n) is 3.53. The average molecular weight is 641 g/mol. The minimum absolute atomic E-state index is 0.0257. The number of benzene rings is 1. The van der Waals surface area contributed by atoms with E-state index in [0.29, 0.717) is 26.3 Å². The molecule has 0 fully saturated rings. The van der Waals surface area contributed by atoms with Crippen LogP contribution in [0.4, 0.5) is 24.8 Å². The van der Waals surface area contributed by atoms with Crippen LogP contribution in [0.3, 0.4) is 0 Å². The third kappa shape index (κ3) is 7.83. The van der Waals surface area contributed by atoms with Crippen LogP contribution in [0.2, 0.25) is 5.15 Å². The minimum atomic E-state index is -5.19. The van der Waals surface area contributed by atoms with Gasteiger partial charge in [0.25, 0.3) is 11.7 Å². The monoisotopic (exact) mass is 639 g/mol. The molecule has 5 N–H and O–H groups in total. The highest BCUT2D eigenvalue weighted by Crippen LogP contribution is 2.30. The topological polar surface area (TPSA) is 174 Å². The average Bonchev–Trinajstić information content (AvgIpc) is 3.16. The Morgan fingerprint density at radius 3 is 2.38 bits per heavy atom. The van der Waals surface area contributed by atoms with E-state index in [2.05, 4.69) is 40.3 Å². The van der Waals surface area contributed by atoms with Gasteiger partial charge in [-0.2, -0.15) is 13.2 Å². The summed E-state index contributed by atoms with van der Waals surface area (Å²) in [6, 6.07) is 3.96. The first-order chi connectivity index (χ1) is 18.3. The number of halogens is 5. The van der Waals surface area contributed by atoms with Crippen molar-refractivity contribution in [1.29, 1.82) is 0 Å². The molecule has 17 heteroatoms. The molecule has 0 atom stereocenters. The van der Waals surface area contributed by atoms with Gasteiger partial charge in [0.2, 0.25) is 5.52 Å². The predicted octanol–water partition coefficient (Wildman–Crippen LogP) is 1.59. The summed E-state index contributed by atoms with van der Waals surface area (Å²) in [6.45, 7) is 6.57. The number of nitrogens with zero attached hydrogens (tertiary/aromatic N) is 4. The number of carbonyl (C=O) groups is 2. The fraction of sp³-hybridized carbons (Fsp3) is 0.409. The number of imidazole rings is 1. The van der Waals surface area contributed by atoms with E-state index in [1.165, 1.54) is 0 Å². The van der Waals surface area contributed by atoms with Gasteiger partial charge in [-0.15, -0.1) is 0 Å². The second-order valence-corrected chi connectivity index (χ2v) is 8.89. The normalized spacial score (nSPS) is 11.2. The molecule has 3 rings (SSSR count). The lowest BCUT2D eigenvalue weighted by atomic mass is 10.3. The third-order valence-electron chi connectivity index (χ3n) is 5.14. The van der Waals surface area contributed by atoms with E-state index in [-0.39, 0.29) is 29.0 Å². The Balaban J connectivity index is 0.000000673. The van der Waals surface area contributed by atoms with Gasteiger partial charge in [-0.25, -0.2) is 19.1 Å². The lowest BCUT2D eigenvalue weighted by Crippen LogP contribution is -2.40. The second kappa shape index (κ2) is 13.6. The number of ether oxygens (including phenoxy) is 2. The second-order valence-electron chi connectivity index (χ2n) is 7.62. The Morgan fingerprint density at radius 2 is 1.85 bits per heavy atom. The van der Waals surface area contributed by atoms with Crippen LogP contribution in [-0.4, -0.2) is 52.9 Å². The standard InChI is InChI=1S/C20H25BrClN7O3.C2HF3O2/c1-4-28-12-8-11(21)9-13(32-7-6-31-3)16(12)29(5-2)14(28)10-25-20(30)15-18(23)27-19(24)17(22)26-15;3-2(4,5)1(6)7/h8-9H,4-7,10H2,1-3H3,(H4-,23,24,25,27,30);(H,6,7). The molecule has 2 heterocycles. The van der Waals surface area contributed by atoms with Crippen LogP contribution < -0.4 is 31.2 Å². The maximum atomic E-state index is 12.8. The molecule has 0 bridgehead atoms. The first kappa shape index (κ1) is 31.8. The number of hydrogen-bond acceptors (Lipinski definition) is 9. The van der Waals surface area contributed by atoms with Crippen LogP contribution >= 0.6 is 27.5 Å². The molecule has 0 radical (unpaired) electrons. The number of carboxylic acid groups (broad SMARTS) is 1. The Bertz CT molecular complexity index is 1350. The van der Waals surface area contributed by atoms with E-state index in [0.717, 1.165) is 27.1 Å². The number of carbonyl (C=O) groups excluding carboxylic acids is 2. The summed E-state index contributed by atoms with van der Waals surface area (Å²) in [4.78, 5) is 29.4. The summed E-state index contributed by atoms with van der Waals surface area (Å²) in [5.41, 5.74) is 13.3. The summed E-state index contributed by atoms with van der Waals surface area (Å²) in [6.07, 6.45) is -5.19. The molecule has 1 amide bonds. The van der Waals surface area contributed by atoms with Crippen LogP contribution in [0.5, 0.6) is 5.75 Å². The van der Waals surface area contributed by atoms with E-state index in [1.807, 2.05) is 26.0 Å². The van der Waals surface area contributed by atoms with Crippen molar-refractivity contribution in [3.8, 4) is 5.75 Å². The number of nitrogens with one attached hydrogen (secondary N) is 1. The van der Waals surface area contributed by atoms with Gasteiger partial charge in [0, 0.05) is 17.6 Å². The van der Waals surface area contributed by atoms with E-state index >= 15 is 0 Å². The number of aromatic nitrogens is 4. The molecule has 0 saturated carbocycles. The molecule has 12 nitrogen and oxygen atoms in total. The van der Waals surface area contributed by atoms with Gasteiger partial charge < -0.3 is 36.2 Å². The SMILES string of the molecule is CCn1c(CNC(=O)c2nc(Cl)c(N)nc2N)[n+](CC)c2c(OCCOC)cc(Br)cc21.O=C([O-])C(F)(F)F. The van der Waals surface area contributed by atoms with Gasteiger partial charge in [0.1, 0.15) is 19.1 Å². The Kier molecular flexibility index (Phi) is 11.1. The quantitative estimate of drug-likeness (QED) is 0.232. The van der Waals surface area contributed by atoms with Crippen molar-refractivity contribution in [2.45, 2.75) is 39.7 Å². The first-order valence-electron chi connectivity index (χ1n) is 11.3. The Labute approximate surface area is 234 Å². The van der Waals surface area contributed by atoms with Crippen molar-refractivity contribution < 1.29 is 41.9 Å². The number of carboxylic acids is 1. The van der Waals surface area contributed by atoms with Crippen molar-refractivity contribution >= 4 is 62.1 Å². The molecule has 0 aliphatic carbocycles. The number of nitrogens with two attached hydrogens (primary N) is 2. The zero-order valence-corrected chi connectivity index (χ0v) is 23.4. The summed E-state index contributed by atoms with van der Waals surface area (Å²) in [5.74, 6) is -1.99. The Morgan fingerprint density at radius 1 is 1.21 bits per heavy atom. The molecule has 3 aromatic rings. The predicted molar refractivity (Wildman–Crippen MR) is 137 cm³/mol. The number of methoxy groups -OCH3 is 1. The largest absolute Gasteiger partial charge is 0.542 e. The van der Waals surface area contributed by atoms with E-state index in [4.69, 9.17) is 42.4 Å². The number of hydrogen-bond donors (Lipinski definition) is 3. The van der Waals surface area contributed by atoms with Gasteiger partial charge >= 0.3 is 6.18 Å². The molecular formula is C22H26BrClF3N7O5. The van der Waals surface area contributed by atoms with Crippen molar-refractivity contribution in [3.05, 3.63) is 33.3 Å². The van der Waals surface area contributed by atoms with Crippen molar-refractivity contribution in [1.82, 2.24) is 19.9 Å². The maximum Gasteiger partial charge on any atom is 0.430 e. The molecular weight excluding hydrogens is 615 g/mol. The van der Waals surface area contributed by atoms with Crippen molar-refractivity contribution in [3.63, 3.8) is 0 Å². The lowest BCUT2D eigenvalue weighted by molar-refractivity contribution is -0.676. The molecule has 2 aromatic heterocycles. The van der Waals surface area contributed by atoms with E-state index in [1.54, 1.807) is 7.11 Å². The fourth-order valence-corrected chi connectivity index (χ4v) is 4.08. The molecule has 0 aliphatic heterocycles. The summed E-state index contributed by atoms with van der Waals surface area (Å²) in [5, 5.41) is 11.6. The van der Waals surface area contributed by atoms with Crippen LogP contribution in [0.15, 0.2) is 16.6 Å². The van der Waals surface area contributed by atoms with Gasteiger partial charge in [0.15, 0.2) is 33.7 Å². The Hall–Kier alpha value is -3.37. The number of rotatable bonds is 9. The summed E-state index contributed by atoms with van der Waals surface area (Å²) in [7, 11) is 1.63. The lowest BCUT2D eigenvalue weighted by Gasteiger charge is -2.08. The van der Waals surface area contributed by atoms with Crippen LogP contribution in [0.1, 0.15) is 30.2 Å². The van der Waals surface area contributed by atoms with Crippen LogP contribution in [-0.2, 0) is 29.2 Å². The molecule has 0 aliphatic rings. The smallest absolute Gasteiger partial charge is 0.430 e. The minimum Gasteiger partial charge on any atom is -0.542 e. The number of aliphatic carboxylic acids is 1. The molecule has 39 heavy (non-hydrogen) atoms. The summed E-state index contributed by atoms with van der Waals surface area (Å²) < 4.78 is 47.8. The molecule has 0 unspecified atom stereocenters. The van der Waals surface area contributed by atoms with Gasteiger partial charge in [-0.05, 0) is 19.9 Å². The third-order valence-corrected chi connectivity index (χ3v) is 5.88. The number of fused-ring (bicyclic) bond motifs is 1. The van der Waals surface area contributed by atoms with Gasteiger partial charge in [0.05, 0.1) is 19.7 Å². The van der Waals surface area contributed by atoms with E-state index < -0.39 is 18.1 Å². The highest BCUT2D eigenvalue weighted by Gasteiger charge is 2.29. The van der Waals surface area contributed by atoms with E-state index in [9.17, 15) is 18.0 Å². The van der Waals surface area contributed by atoms with Crippen LogP contribution in [0, 0.1) is 0 Å². The zero-order valence-electron chi connectivity index (χ0n) is 21.1. The maximum absolute atomic E-state index is 12.8. The number of aryl methyl sites for hydroxylation is 2. The number of nitrogen functional groups attached to an aromatic ring is 2. The molecule has 0 saturated heterocycles. The molecule has 0 spiro atoms. The molecule has 214 valence electrons. The van der Waals surface area contributed by atoms with Gasteiger partial charge in [-0.3, -0.25) is 4.79 Å². The highest BCUT2D eigenvalue weighted by atomic mass is 79.9. The first-order valence-corrected chi connectivity index (χ1v) is 12.4. The number of amides is 1. The number of anilines is 2. The highest BCUT2D eigenvalue weighted by molar-refractivity contribution is 9.10. The zero-order chi connectivity index (χ0) is 29.5. The van der Waals surface area contributed by atoms with Crippen LogP contribution in [0.25, 0.3) is 11.0 Å². The van der Waals surface area contributed by atoms with Crippen molar-refractivity contribution in [2.24, 2.45) is 0 Å². The van der Waals surface area contributed by atoms with Crippen molar-refractivity contribution in [2.75, 3.05) is 31.8 Å². The molecule has 1 aromatic carbocycles. The number of alkyl halides is 3.